The van der Waals surface area contributed by atoms with Crippen LogP contribution in [-0.2, 0) is 21.4 Å². The minimum atomic E-state index is -3.92. The van der Waals surface area contributed by atoms with E-state index in [2.05, 4.69) is 5.32 Å². The monoisotopic (exact) mass is 438 g/mol. The fraction of sp³-hybridized carbons (Fsp3) is 0.208. The number of carbonyl (C=O) groups is 1. The molecule has 3 rings (SSSR count). The van der Waals surface area contributed by atoms with E-state index < -0.39 is 15.9 Å². The second-order valence-corrected chi connectivity index (χ2v) is 9.10. The summed E-state index contributed by atoms with van der Waals surface area (Å²) >= 11 is 0. The summed E-state index contributed by atoms with van der Waals surface area (Å²) < 4.78 is 33.1. The molecule has 0 aliphatic rings. The maximum atomic E-state index is 13.4. The Bertz CT molecular complexity index is 1140. The molecule has 7 heteroatoms. The van der Waals surface area contributed by atoms with Gasteiger partial charge in [0.2, 0.25) is 5.91 Å². The van der Waals surface area contributed by atoms with Gasteiger partial charge in [-0.05, 0) is 55.3 Å². The van der Waals surface area contributed by atoms with Crippen LogP contribution in [0.4, 0.5) is 5.69 Å². The van der Waals surface area contributed by atoms with Crippen LogP contribution in [0.5, 0.6) is 5.75 Å². The number of benzene rings is 3. The maximum absolute atomic E-state index is 13.4. The minimum absolute atomic E-state index is 0.143. The van der Waals surface area contributed by atoms with Crippen LogP contribution in [0.3, 0.4) is 0 Å². The summed E-state index contributed by atoms with van der Waals surface area (Å²) in [5.74, 6) is 0.333. The van der Waals surface area contributed by atoms with Gasteiger partial charge in [0, 0.05) is 6.54 Å². The van der Waals surface area contributed by atoms with Gasteiger partial charge in [-0.3, -0.25) is 9.10 Å². The van der Waals surface area contributed by atoms with Gasteiger partial charge in [-0.1, -0.05) is 48.0 Å². The number of hydrogen-bond donors (Lipinski definition) is 1. The van der Waals surface area contributed by atoms with E-state index in [-0.39, 0.29) is 18.0 Å². The standard InChI is InChI=1S/C24H26N2O4S/c1-18-8-14-22(15-9-18)31(28,29)26(23-7-5-4-6-19(23)2)17-24(27)25-16-20-10-12-21(30-3)13-11-20/h4-15H,16-17H2,1-3H3,(H,25,27). The third kappa shape index (κ3) is 5.44. The quantitative estimate of drug-likeness (QED) is 0.580. The fourth-order valence-electron chi connectivity index (χ4n) is 3.11. The highest BCUT2D eigenvalue weighted by Gasteiger charge is 2.28. The fourth-order valence-corrected chi connectivity index (χ4v) is 4.60. The molecule has 0 saturated carbocycles. The molecule has 6 nitrogen and oxygen atoms in total. The lowest BCUT2D eigenvalue weighted by molar-refractivity contribution is -0.119. The van der Waals surface area contributed by atoms with Crippen molar-refractivity contribution in [1.82, 2.24) is 5.32 Å². The van der Waals surface area contributed by atoms with Gasteiger partial charge in [-0.15, -0.1) is 0 Å². The molecule has 0 aliphatic carbocycles. The molecule has 3 aromatic carbocycles. The van der Waals surface area contributed by atoms with Crippen LogP contribution in [0.15, 0.2) is 77.7 Å². The van der Waals surface area contributed by atoms with E-state index in [9.17, 15) is 13.2 Å². The molecule has 0 aliphatic heterocycles. The third-order valence-electron chi connectivity index (χ3n) is 4.93. The number of nitrogens with zero attached hydrogens (tertiary/aromatic N) is 1. The van der Waals surface area contributed by atoms with Gasteiger partial charge >= 0.3 is 0 Å². The Morgan fingerprint density at radius 3 is 2.19 bits per heavy atom. The zero-order valence-corrected chi connectivity index (χ0v) is 18.6. The Labute approximate surface area is 183 Å². The highest BCUT2D eigenvalue weighted by Crippen LogP contribution is 2.26. The van der Waals surface area contributed by atoms with Crippen LogP contribution < -0.4 is 14.4 Å². The number of para-hydroxylation sites is 1. The minimum Gasteiger partial charge on any atom is -0.497 e. The second kappa shape index (κ2) is 9.66. The molecule has 0 atom stereocenters. The number of hydrogen-bond acceptors (Lipinski definition) is 4. The molecule has 162 valence electrons. The summed E-state index contributed by atoms with van der Waals surface area (Å²) in [5, 5.41) is 2.80. The molecule has 0 radical (unpaired) electrons. The Balaban J connectivity index is 1.83. The first-order valence-electron chi connectivity index (χ1n) is 9.86. The molecule has 3 aromatic rings. The summed E-state index contributed by atoms with van der Waals surface area (Å²) in [6, 6.07) is 21.0. The Hall–Kier alpha value is -3.32. The lowest BCUT2D eigenvalue weighted by Gasteiger charge is -2.25. The lowest BCUT2D eigenvalue weighted by atomic mass is 10.2. The molecule has 31 heavy (non-hydrogen) atoms. The first-order valence-corrected chi connectivity index (χ1v) is 11.3. The zero-order chi connectivity index (χ0) is 22.4. The molecule has 0 spiro atoms. The van der Waals surface area contributed by atoms with Crippen LogP contribution in [-0.4, -0.2) is 28.0 Å². The number of sulfonamides is 1. The molecule has 0 aromatic heterocycles. The van der Waals surface area contributed by atoms with Crippen molar-refractivity contribution in [3.8, 4) is 5.75 Å². The largest absolute Gasteiger partial charge is 0.497 e. The van der Waals surface area contributed by atoms with Crippen LogP contribution in [0, 0.1) is 13.8 Å². The molecule has 1 N–H and O–H groups in total. The summed E-state index contributed by atoms with van der Waals surface area (Å²) in [6.07, 6.45) is 0. The van der Waals surface area contributed by atoms with Gasteiger partial charge in [0.05, 0.1) is 17.7 Å². The smallest absolute Gasteiger partial charge is 0.264 e. The molecule has 1 amide bonds. The van der Waals surface area contributed by atoms with Crippen molar-refractivity contribution in [2.24, 2.45) is 0 Å². The van der Waals surface area contributed by atoms with Crippen molar-refractivity contribution in [2.45, 2.75) is 25.3 Å². The maximum Gasteiger partial charge on any atom is 0.264 e. The van der Waals surface area contributed by atoms with E-state index in [0.29, 0.717) is 5.69 Å². The molecule has 0 unspecified atom stereocenters. The van der Waals surface area contributed by atoms with Gasteiger partial charge in [-0.25, -0.2) is 8.42 Å². The number of carbonyl (C=O) groups excluding carboxylic acids is 1. The van der Waals surface area contributed by atoms with Crippen LogP contribution in [0.25, 0.3) is 0 Å². The number of nitrogens with one attached hydrogen (secondary N) is 1. The third-order valence-corrected chi connectivity index (χ3v) is 6.70. The summed E-state index contributed by atoms with van der Waals surface area (Å²) in [7, 11) is -2.34. The van der Waals surface area contributed by atoms with E-state index in [4.69, 9.17) is 4.74 Å². The normalized spacial score (nSPS) is 11.1. The predicted molar refractivity (Wildman–Crippen MR) is 122 cm³/mol. The molecule has 0 saturated heterocycles. The molecule has 0 bridgehead atoms. The highest BCUT2D eigenvalue weighted by molar-refractivity contribution is 7.92. The van der Waals surface area contributed by atoms with Gasteiger partial charge in [0.25, 0.3) is 10.0 Å². The van der Waals surface area contributed by atoms with Gasteiger partial charge < -0.3 is 10.1 Å². The highest BCUT2D eigenvalue weighted by atomic mass is 32.2. The second-order valence-electron chi connectivity index (χ2n) is 7.24. The van der Waals surface area contributed by atoms with Crippen LogP contribution in [0.2, 0.25) is 0 Å². The Kier molecular flexibility index (Phi) is 6.97. The first kappa shape index (κ1) is 22.4. The summed E-state index contributed by atoms with van der Waals surface area (Å²) in [4.78, 5) is 12.9. The Morgan fingerprint density at radius 2 is 1.58 bits per heavy atom. The number of aryl methyl sites for hydroxylation is 2. The lowest BCUT2D eigenvalue weighted by Crippen LogP contribution is -2.41. The van der Waals surface area contributed by atoms with Crippen molar-refractivity contribution in [2.75, 3.05) is 18.0 Å². The Morgan fingerprint density at radius 1 is 0.935 bits per heavy atom. The SMILES string of the molecule is COc1ccc(CNC(=O)CN(c2ccccc2C)S(=O)(=O)c2ccc(C)cc2)cc1. The predicted octanol–water partition coefficient (Wildman–Crippen LogP) is 3.82. The van der Waals surface area contributed by atoms with Gasteiger partial charge in [0.15, 0.2) is 0 Å². The van der Waals surface area contributed by atoms with Crippen LogP contribution >= 0.6 is 0 Å². The van der Waals surface area contributed by atoms with E-state index in [1.807, 2.05) is 50.2 Å². The zero-order valence-electron chi connectivity index (χ0n) is 17.8. The number of anilines is 1. The average Bonchev–Trinajstić information content (AvgIpc) is 2.77. The topological polar surface area (TPSA) is 75.7 Å². The molecular weight excluding hydrogens is 412 g/mol. The average molecular weight is 439 g/mol. The van der Waals surface area contributed by atoms with Crippen molar-refractivity contribution in [1.29, 1.82) is 0 Å². The number of rotatable bonds is 8. The van der Waals surface area contributed by atoms with Gasteiger partial charge in [-0.2, -0.15) is 0 Å². The van der Waals surface area contributed by atoms with E-state index in [0.717, 1.165) is 26.7 Å². The number of methoxy groups -OCH3 is 1. The van der Waals surface area contributed by atoms with E-state index in [1.165, 1.54) is 0 Å². The van der Waals surface area contributed by atoms with Crippen molar-refractivity contribution in [3.63, 3.8) is 0 Å². The number of amides is 1. The van der Waals surface area contributed by atoms with E-state index in [1.54, 1.807) is 43.5 Å². The van der Waals surface area contributed by atoms with Crippen LogP contribution in [0.1, 0.15) is 16.7 Å². The summed E-state index contributed by atoms with van der Waals surface area (Å²) in [6.45, 7) is 3.68. The first-order chi connectivity index (χ1) is 14.8. The molecular formula is C24H26N2O4S. The molecule has 0 fully saturated rings. The summed E-state index contributed by atoms with van der Waals surface area (Å²) in [5.41, 5.74) is 3.08. The number of ether oxygens (including phenoxy) is 1. The van der Waals surface area contributed by atoms with E-state index >= 15 is 0 Å². The van der Waals surface area contributed by atoms with Crippen molar-refractivity contribution < 1.29 is 17.9 Å². The van der Waals surface area contributed by atoms with Gasteiger partial charge in [0.1, 0.15) is 12.3 Å². The molecule has 0 heterocycles. The van der Waals surface area contributed by atoms with Crippen molar-refractivity contribution in [3.05, 3.63) is 89.5 Å². The van der Waals surface area contributed by atoms with Crippen molar-refractivity contribution >= 4 is 21.6 Å².